The molecule has 0 amide bonds. The van der Waals surface area contributed by atoms with Gasteiger partial charge in [0, 0.05) is 11.1 Å². The Bertz CT molecular complexity index is 193. The van der Waals surface area contributed by atoms with E-state index in [1.807, 2.05) is 6.20 Å². The predicted molar refractivity (Wildman–Crippen MR) is 45.2 cm³/mol. The molecule has 55 valence electrons. The molecule has 1 radical (unpaired) electrons. The molecule has 0 spiro atoms. The minimum atomic E-state index is 0.876. The molecule has 0 bridgehead atoms. The van der Waals surface area contributed by atoms with E-state index in [1.165, 1.54) is 16.3 Å². The van der Waals surface area contributed by atoms with Crippen molar-refractivity contribution >= 4 is 11.3 Å². The monoisotopic (exact) mass is 154 g/mol. The van der Waals surface area contributed by atoms with Crippen molar-refractivity contribution in [1.29, 1.82) is 0 Å². The van der Waals surface area contributed by atoms with Crippen LogP contribution in [0.1, 0.15) is 23.2 Å². The second-order valence-electron chi connectivity index (χ2n) is 2.22. The maximum atomic E-state index is 4.26. The highest BCUT2D eigenvalue weighted by atomic mass is 32.1. The molecule has 0 unspecified atom stereocenters. The number of hydrogen-bond donors (Lipinski definition) is 0. The van der Waals surface area contributed by atoms with Crippen LogP contribution in [0.15, 0.2) is 6.20 Å². The lowest BCUT2D eigenvalue weighted by atomic mass is 10.4. The lowest BCUT2D eigenvalue weighted by Crippen LogP contribution is -1.76. The second kappa shape index (κ2) is 3.71. The third-order valence-corrected chi connectivity index (χ3v) is 2.43. The van der Waals surface area contributed by atoms with Crippen molar-refractivity contribution in [2.75, 3.05) is 0 Å². The molecule has 0 atom stereocenters. The minimum Gasteiger partial charge on any atom is -0.249 e. The zero-order chi connectivity index (χ0) is 7.40. The van der Waals surface area contributed by atoms with E-state index in [9.17, 15) is 0 Å². The molecule has 0 aliphatic carbocycles. The van der Waals surface area contributed by atoms with Gasteiger partial charge in [0.25, 0.3) is 0 Å². The van der Waals surface area contributed by atoms with Gasteiger partial charge in [-0.3, -0.25) is 0 Å². The molecule has 0 fully saturated rings. The van der Waals surface area contributed by atoms with Gasteiger partial charge in [-0.05, 0) is 26.2 Å². The molecule has 0 aliphatic rings. The molecule has 0 saturated carbocycles. The standard InChI is InChI=1S/C8H12NS/c1-3-5-8-9-6-7(4-2)10-8/h6H,2-5H2,1H3. The quantitative estimate of drug-likeness (QED) is 0.651. The summed E-state index contributed by atoms with van der Waals surface area (Å²) in [5.74, 6) is 0. The Morgan fingerprint density at radius 1 is 1.70 bits per heavy atom. The molecule has 1 rings (SSSR count). The first-order chi connectivity index (χ1) is 4.86. The molecule has 0 aromatic carbocycles. The smallest absolute Gasteiger partial charge is 0.0927 e. The lowest BCUT2D eigenvalue weighted by molar-refractivity contribution is 0.908. The van der Waals surface area contributed by atoms with Crippen LogP contribution in [-0.4, -0.2) is 4.98 Å². The molecular formula is C8H12NS. The summed E-state index contributed by atoms with van der Waals surface area (Å²) >= 11 is 1.78. The average molecular weight is 154 g/mol. The highest BCUT2D eigenvalue weighted by Gasteiger charge is 1.97. The molecular weight excluding hydrogens is 142 g/mol. The van der Waals surface area contributed by atoms with Crippen molar-refractivity contribution in [2.45, 2.75) is 26.2 Å². The number of hydrogen-bond acceptors (Lipinski definition) is 2. The molecule has 1 aromatic heterocycles. The van der Waals surface area contributed by atoms with Crippen LogP contribution in [0.4, 0.5) is 0 Å². The maximum absolute atomic E-state index is 4.26. The van der Waals surface area contributed by atoms with Crippen LogP contribution in [-0.2, 0) is 12.8 Å². The average Bonchev–Trinajstić information content (AvgIpc) is 2.37. The van der Waals surface area contributed by atoms with Crippen LogP contribution >= 0.6 is 11.3 Å². The van der Waals surface area contributed by atoms with Gasteiger partial charge in [-0.1, -0.05) is 6.92 Å². The van der Waals surface area contributed by atoms with Gasteiger partial charge in [0.15, 0.2) is 0 Å². The molecule has 2 heteroatoms. The summed E-state index contributed by atoms with van der Waals surface area (Å²) in [5, 5.41) is 1.25. The maximum Gasteiger partial charge on any atom is 0.0927 e. The number of thiazole rings is 1. The van der Waals surface area contributed by atoms with E-state index in [-0.39, 0.29) is 0 Å². The molecule has 1 aromatic rings. The molecule has 0 N–H and O–H groups in total. The van der Waals surface area contributed by atoms with Crippen LogP contribution in [0.2, 0.25) is 0 Å². The summed E-state index contributed by atoms with van der Waals surface area (Å²) in [6, 6.07) is 0. The SMILES string of the molecule is [CH2]Cc1cnc(CCC)s1. The van der Waals surface area contributed by atoms with E-state index in [4.69, 9.17) is 0 Å². The van der Waals surface area contributed by atoms with Gasteiger partial charge in [-0.2, -0.15) is 0 Å². The Labute approximate surface area is 66.1 Å². The summed E-state index contributed by atoms with van der Waals surface area (Å²) in [6.07, 6.45) is 5.11. The summed E-state index contributed by atoms with van der Waals surface area (Å²) < 4.78 is 0. The van der Waals surface area contributed by atoms with Crippen LogP contribution in [0.5, 0.6) is 0 Å². The predicted octanol–water partition coefficient (Wildman–Crippen LogP) is 2.47. The van der Waals surface area contributed by atoms with Crippen LogP contribution in [0.25, 0.3) is 0 Å². The van der Waals surface area contributed by atoms with Gasteiger partial charge in [0.2, 0.25) is 0 Å². The fraction of sp³-hybridized carbons (Fsp3) is 0.500. The lowest BCUT2D eigenvalue weighted by Gasteiger charge is -1.86. The third kappa shape index (κ3) is 1.81. The van der Waals surface area contributed by atoms with Crippen molar-refractivity contribution in [1.82, 2.24) is 4.98 Å². The molecule has 0 aliphatic heterocycles. The zero-order valence-electron chi connectivity index (χ0n) is 6.26. The van der Waals surface area contributed by atoms with Crippen molar-refractivity contribution in [3.8, 4) is 0 Å². The number of rotatable bonds is 3. The van der Waals surface area contributed by atoms with Gasteiger partial charge in [-0.15, -0.1) is 11.3 Å². The van der Waals surface area contributed by atoms with E-state index in [0.717, 1.165) is 12.8 Å². The van der Waals surface area contributed by atoms with E-state index < -0.39 is 0 Å². The van der Waals surface area contributed by atoms with Crippen LogP contribution < -0.4 is 0 Å². The van der Waals surface area contributed by atoms with Crippen molar-refractivity contribution in [2.24, 2.45) is 0 Å². The van der Waals surface area contributed by atoms with Gasteiger partial charge >= 0.3 is 0 Å². The Morgan fingerprint density at radius 3 is 3.00 bits per heavy atom. The second-order valence-corrected chi connectivity index (χ2v) is 3.42. The van der Waals surface area contributed by atoms with E-state index >= 15 is 0 Å². The Balaban J connectivity index is 2.59. The van der Waals surface area contributed by atoms with E-state index in [1.54, 1.807) is 11.3 Å². The van der Waals surface area contributed by atoms with Crippen LogP contribution in [0.3, 0.4) is 0 Å². The summed E-state index contributed by atoms with van der Waals surface area (Å²) in [6.45, 7) is 5.97. The van der Waals surface area contributed by atoms with Gasteiger partial charge in [0.1, 0.15) is 0 Å². The summed E-state index contributed by atoms with van der Waals surface area (Å²) in [7, 11) is 0. The fourth-order valence-electron chi connectivity index (χ4n) is 0.793. The highest BCUT2D eigenvalue weighted by molar-refractivity contribution is 7.11. The van der Waals surface area contributed by atoms with E-state index in [0.29, 0.717) is 0 Å². The highest BCUT2D eigenvalue weighted by Crippen LogP contribution is 2.14. The number of aromatic nitrogens is 1. The first-order valence-electron chi connectivity index (χ1n) is 3.59. The molecule has 1 nitrogen and oxygen atoms in total. The fourth-order valence-corrected chi connectivity index (χ4v) is 1.71. The molecule has 1 heterocycles. The normalized spacial score (nSPS) is 10.2. The van der Waals surface area contributed by atoms with E-state index in [2.05, 4.69) is 18.8 Å². The zero-order valence-corrected chi connectivity index (χ0v) is 7.08. The summed E-state index contributed by atoms with van der Waals surface area (Å²) in [4.78, 5) is 5.55. The largest absolute Gasteiger partial charge is 0.249 e. The number of nitrogens with zero attached hydrogens (tertiary/aromatic N) is 1. The molecule has 0 saturated heterocycles. The first-order valence-corrected chi connectivity index (χ1v) is 4.41. The van der Waals surface area contributed by atoms with Gasteiger partial charge in [-0.25, -0.2) is 4.98 Å². The van der Waals surface area contributed by atoms with Crippen LogP contribution in [0, 0.1) is 6.92 Å². The summed E-state index contributed by atoms with van der Waals surface area (Å²) in [5.41, 5.74) is 0. The minimum absolute atomic E-state index is 0.876. The molecule has 10 heavy (non-hydrogen) atoms. The van der Waals surface area contributed by atoms with Gasteiger partial charge < -0.3 is 0 Å². The van der Waals surface area contributed by atoms with Crippen molar-refractivity contribution in [3.63, 3.8) is 0 Å². The Kier molecular flexibility index (Phi) is 2.87. The van der Waals surface area contributed by atoms with Crippen molar-refractivity contribution in [3.05, 3.63) is 23.0 Å². The Morgan fingerprint density at radius 2 is 2.50 bits per heavy atom. The topological polar surface area (TPSA) is 12.9 Å². The van der Waals surface area contributed by atoms with Gasteiger partial charge in [0.05, 0.1) is 5.01 Å². The third-order valence-electron chi connectivity index (χ3n) is 1.31. The first kappa shape index (κ1) is 7.73. The van der Waals surface area contributed by atoms with Crippen molar-refractivity contribution < 1.29 is 0 Å². The Hall–Kier alpha value is -0.370. The number of aryl methyl sites for hydroxylation is 1.